The van der Waals surface area contributed by atoms with Crippen molar-refractivity contribution in [2.75, 3.05) is 23.4 Å². The van der Waals surface area contributed by atoms with Gasteiger partial charge in [0.1, 0.15) is 5.56 Å². The van der Waals surface area contributed by atoms with E-state index < -0.39 is 29.0 Å². The van der Waals surface area contributed by atoms with E-state index in [9.17, 15) is 18.0 Å². The van der Waals surface area contributed by atoms with Gasteiger partial charge in [-0.25, -0.2) is 15.1 Å². The van der Waals surface area contributed by atoms with Crippen LogP contribution in [0.15, 0.2) is 41.8 Å². The first-order chi connectivity index (χ1) is 16.8. The third-order valence-electron chi connectivity index (χ3n) is 5.60. The number of nitrogens with one attached hydrogen (secondary N) is 2. The second-order valence-corrected chi connectivity index (χ2v) is 8.23. The molecular formula is C21H22F3N9O2. The van der Waals surface area contributed by atoms with Crippen LogP contribution < -0.4 is 15.8 Å². The third-order valence-corrected chi connectivity index (χ3v) is 5.60. The van der Waals surface area contributed by atoms with E-state index in [-0.39, 0.29) is 13.2 Å². The Bertz CT molecular complexity index is 1390. The Labute approximate surface area is 196 Å². The quantitative estimate of drug-likeness (QED) is 0.405. The average Bonchev–Trinajstić information content (AvgIpc) is 3.44. The average molecular weight is 489 g/mol. The molecular weight excluding hydrogens is 467 g/mol. The maximum atomic E-state index is 13.2. The molecule has 0 unspecified atom stereocenters. The van der Waals surface area contributed by atoms with Crippen LogP contribution in [0.1, 0.15) is 23.9 Å². The van der Waals surface area contributed by atoms with Crippen molar-refractivity contribution in [1.29, 1.82) is 0 Å². The van der Waals surface area contributed by atoms with Gasteiger partial charge >= 0.3 is 6.18 Å². The number of alkyl halides is 3. The molecule has 0 saturated carbocycles. The molecule has 0 aliphatic carbocycles. The van der Waals surface area contributed by atoms with Crippen molar-refractivity contribution in [2.45, 2.75) is 38.8 Å². The first-order valence-electron chi connectivity index (χ1n) is 10.9. The van der Waals surface area contributed by atoms with Crippen molar-refractivity contribution >= 4 is 17.2 Å². The van der Waals surface area contributed by atoms with Gasteiger partial charge in [0.2, 0.25) is 0 Å². The van der Waals surface area contributed by atoms with Gasteiger partial charge in [-0.15, -0.1) is 0 Å². The molecule has 5 heterocycles. The molecule has 0 bridgehead atoms. The molecule has 1 aliphatic heterocycles. The zero-order valence-corrected chi connectivity index (χ0v) is 18.7. The van der Waals surface area contributed by atoms with Crippen LogP contribution in [0, 0.1) is 0 Å². The lowest BCUT2D eigenvalue weighted by Gasteiger charge is -2.28. The summed E-state index contributed by atoms with van der Waals surface area (Å²) in [6.45, 7) is 3.96. The molecule has 2 N–H and O–H groups in total. The van der Waals surface area contributed by atoms with Gasteiger partial charge in [-0.2, -0.15) is 23.4 Å². The molecule has 0 fully saturated rings. The first-order valence-corrected chi connectivity index (χ1v) is 10.9. The van der Waals surface area contributed by atoms with E-state index in [1.165, 1.54) is 0 Å². The van der Waals surface area contributed by atoms with Gasteiger partial charge in [-0.3, -0.25) is 9.48 Å². The lowest BCUT2D eigenvalue weighted by atomic mass is 10.2. The number of hydrogen-bond donors (Lipinski definition) is 2. The van der Waals surface area contributed by atoms with E-state index in [0.29, 0.717) is 13.1 Å². The largest absolute Gasteiger partial charge is 0.423 e. The molecule has 0 aromatic carbocycles. The summed E-state index contributed by atoms with van der Waals surface area (Å²) in [4.78, 5) is 22.6. The number of aromatic nitrogens is 7. The normalized spacial score (nSPS) is 14.8. The summed E-state index contributed by atoms with van der Waals surface area (Å²) in [6, 6.07) is 1.44. The Morgan fingerprint density at radius 1 is 1.23 bits per heavy atom. The third kappa shape index (κ3) is 4.69. The van der Waals surface area contributed by atoms with Crippen LogP contribution in [0.2, 0.25) is 0 Å². The van der Waals surface area contributed by atoms with Crippen molar-refractivity contribution in [3.63, 3.8) is 0 Å². The maximum Gasteiger partial charge on any atom is 0.423 e. The van der Waals surface area contributed by atoms with E-state index in [0.717, 1.165) is 35.6 Å². The summed E-state index contributed by atoms with van der Waals surface area (Å²) >= 11 is 0. The Hall–Kier alpha value is -3.94. The van der Waals surface area contributed by atoms with Crippen LogP contribution in [0.3, 0.4) is 0 Å². The number of H-pyrrole nitrogens is 1. The minimum Gasteiger partial charge on any atom is -0.378 e. The number of aromatic amines is 1. The fourth-order valence-corrected chi connectivity index (χ4v) is 4.08. The lowest BCUT2D eigenvalue weighted by Crippen LogP contribution is -2.34. The van der Waals surface area contributed by atoms with Gasteiger partial charge in [-0.05, 0) is 13.0 Å². The van der Waals surface area contributed by atoms with Crippen molar-refractivity contribution in [2.24, 2.45) is 0 Å². The Morgan fingerprint density at radius 3 is 2.83 bits per heavy atom. The lowest BCUT2D eigenvalue weighted by molar-refractivity contribution is -0.138. The van der Waals surface area contributed by atoms with E-state index in [1.54, 1.807) is 19.3 Å². The first kappa shape index (κ1) is 22.8. The van der Waals surface area contributed by atoms with E-state index in [1.807, 2.05) is 32.6 Å². The van der Waals surface area contributed by atoms with E-state index in [4.69, 9.17) is 4.74 Å². The predicted octanol–water partition coefficient (Wildman–Crippen LogP) is 2.07. The van der Waals surface area contributed by atoms with Crippen LogP contribution in [0.25, 0.3) is 5.65 Å². The van der Waals surface area contributed by atoms with Gasteiger partial charge in [-0.1, -0.05) is 0 Å². The van der Waals surface area contributed by atoms with E-state index >= 15 is 0 Å². The Balaban J connectivity index is 1.19. The fourth-order valence-electron chi connectivity index (χ4n) is 4.08. The molecule has 184 valence electrons. The number of halogens is 3. The minimum absolute atomic E-state index is 0.101. The molecule has 4 aromatic rings. The molecule has 11 nitrogen and oxygen atoms in total. The maximum absolute atomic E-state index is 13.2. The minimum atomic E-state index is -4.80. The van der Waals surface area contributed by atoms with Crippen LogP contribution >= 0.6 is 0 Å². The number of ether oxygens (including phenoxy) is 1. The van der Waals surface area contributed by atoms with E-state index in [2.05, 4.69) is 30.4 Å². The summed E-state index contributed by atoms with van der Waals surface area (Å²) in [5, 5.41) is 12.5. The standard InChI is InChI=1S/C21H22F3N9O2/c1-13(28-16-9-27-29-20(34)17(16)21(22,23)24)11-35-12-14-8-15-10-32(6-7-33(15)30-14)19-18-25-2-4-31(18)5-3-26-19/h2-5,8-9,13H,6-7,10-12H2,1H3,(H2,28,29,34)/t13-/m0/s1. The van der Waals surface area contributed by atoms with Crippen LogP contribution in [-0.2, 0) is 30.6 Å². The van der Waals surface area contributed by atoms with Crippen LogP contribution in [-0.4, -0.2) is 53.5 Å². The summed E-state index contributed by atoms with van der Waals surface area (Å²) in [5.41, 5.74) is -0.500. The topological polar surface area (TPSA) is 118 Å². The zero-order chi connectivity index (χ0) is 24.6. The number of imidazole rings is 1. The van der Waals surface area contributed by atoms with Gasteiger partial charge in [0.15, 0.2) is 11.5 Å². The van der Waals surface area contributed by atoms with Gasteiger partial charge in [0.25, 0.3) is 5.56 Å². The summed E-state index contributed by atoms with van der Waals surface area (Å²) in [7, 11) is 0. The molecule has 14 heteroatoms. The monoisotopic (exact) mass is 489 g/mol. The van der Waals surface area contributed by atoms with Gasteiger partial charge in [0.05, 0.1) is 49.6 Å². The molecule has 5 rings (SSSR count). The molecule has 4 aromatic heterocycles. The SMILES string of the molecule is C[C@@H](COCc1cc2n(n1)CCN(c1nccn3ccnc13)C2)Nc1cn[nH]c(=O)c1C(F)(F)F. The fraction of sp³-hybridized carbons (Fsp3) is 0.381. The smallest absolute Gasteiger partial charge is 0.378 e. The molecule has 0 spiro atoms. The Kier molecular flexibility index (Phi) is 5.88. The predicted molar refractivity (Wildman–Crippen MR) is 119 cm³/mol. The molecule has 0 saturated heterocycles. The summed E-state index contributed by atoms with van der Waals surface area (Å²) in [6.07, 6.45) is 3.33. The molecule has 35 heavy (non-hydrogen) atoms. The number of hydrogen-bond acceptors (Lipinski definition) is 8. The summed E-state index contributed by atoms with van der Waals surface area (Å²) < 4.78 is 49.1. The molecule has 1 atom stereocenters. The highest BCUT2D eigenvalue weighted by atomic mass is 19.4. The van der Waals surface area contributed by atoms with Gasteiger partial charge in [0, 0.05) is 37.4 Å². The molecule has 1 aliphatic rings. The van der Waals surface area contributed by atoms with Gasteiger partial charge < -0.3 is 19.4 Å². The van der Waals surface area contributed by atoms with Crippen LogP contribution in [0.5, 0.6) is 0 Å². The number of anilines is 2. The van der Waals surface area contributed by atoms with Crippen molar-refractivity contribution in [1.82, 2.24) is 34.3 Å². The summed E-state index contributed by atoms with van der Waals surface area (Å²) in [5.74, 6) is 0.801. The Morgan fingerprint density at radius 2 is 2.03 bits per heavy atom. The number of nitrogens with zero attached hydrogens (tertiary/aromatic N) is 7. The van der Waals surface area contributed by atoms with Crippen molar-refractivity contribution in [3.8, 4) is 0 Å². The van der Waals surface area contributed by atoms with Crippen LogP contribution in [0.4, 0.5) is 24.7 Å². The molecule has 0 radical (unpaired) electrons. The molecule has 0 amide bonds. The van der Waals surface area contributed by atoms with Crippen molar-refractivity contribution < 1.29 is 17.9 Å². The zero-order valence-electron chi connectivity index (χ0n) is 18.7. The second-order valence-electron chi connectivity index (χ2n) is 8.23. The highest BCUT2D eigenvalue weighted by molar-refractivity contribution is 5.64. The second kappa shape index (κ2) is 9.02. The number of fused-ring (bicyclic) bond motifs is 2. The highest BCUT2D eigenvalue weighted by Crippen LogP contribution is 2.31. The van der Waals surface area contributed by atoms with Crippen molar-refractivity contribution in [3.05, 3.63) is 64.4 Å². The highest BCUT2D eigenvalue weighted by Gasteiger charge is 2.37. The number of rotatable bonds is 7.